The summed E-state index contributed by atoms with van der Waals surface area (Å²) in [5, 5.41) is 3.35. The van der Waals surface area contributed by atoms with Crippen LogP contribution in [0.15, 0.2) is 23.2 Å². The van der Waals surface area contributed by atoms with Crippen molar-refractivity contribution in [3.05, 3.63) is 23.8 Å². The van der Waals surface area contributed by atoms with Crippen LogP contribution in [0.5, 0.6) is 11.5 Å². The first-order chi connectivity index (χ1) is 12.2. The van der Waals surface area contributed by atoms with Gasteiger partial charge in [-0.05, 0) is 43.4 Å². The topological polar surface area (TPSA) is 89.2 Å². The van der Waals surface area contributed by atoms with Gasteiger partial charge >= 0.3 is 0 Å². The summed E-state index contributed by atoms with van der Waals surface area (Å²) in [5.41, 5.74) is 6.43. The number of primary amides is 1. The van der Waals surface area contributed by atoms with Crippen LogP contribution in [0.3, 0.4) is 0 Å². The Balaban J connectivity index is 0.00000243. The molecular weight excluding hydrogens is 447 g/mol. The molecule has 1 atom stereocenters. The fraction of sp³-hybridized carbons (Fsp3) is 0.556. The van der Waals surface area contributed by atoms with E-state index < -0.39 is 0 Å². The minimum Gasteiger partial charge on any atom is -0.454 e. The highest BCUT2D eigenvalue weighted by Crippen LogP contribution is 2.32. The molecule has 1 unspecified atom stereocenters. The average molecular weight is 474 g/mol. The number of hydrogen-bond acceptors (Lipinski definition) is 4. The van der Waals surface area contributed by atoms with Crippen LogP contribution in [0, 0.1) is 5.92 Å². The van der Waals surface area contributed by atoms with Crippen molar-refractivity contribution in [2.24, 2.45) is 16.6 Å². The molecule has 3 N–H and O–H groups in total. The lowest BCUT2D eigenvalue weighted by Crippen LogP contribution is -2.47. The number of likely N-dealkylation sites (tertiary alicyclic amines) is 1. The monoisotopic (exact) mass is 474 g/mol. The number of rotatable bonds is 5. The number of amides is 1. The molecule has 2 aliphatic heterocycles. The van der Waals surface area contributed by atoms with E-state index in [2.05, 4.69) is 17.1 Å². The van der Waals surface area contributed by atoms with E-state index in [1.165, 1.54) is 0 Å². The molecule has 2 heterocycles. The minimum absolute atomic E-state index is 0. The SMILES string of the molecule is CCNC(=NCc1ccc2c(c1)OCO2)N1CCCC(CC(N)=O)C1.I. The molecule has 1 aromatic rings. The lowest BCUT2D eigenvalue weighted by molar-refractivity contribution is -0.119. The van der Waals surface area contributed by atoms with Crippen LogP contribution >= 0.6 is 24.0 Å². The van der Waals surface area contributed by atoms with Gasteiger partial charge < -0.3 is 25.4 Å². The van der Waals surface area contributed by atoms with Gasteiger partial charge in [-0.15, -0.1) is 24.0 Å². The summed E-state index contributed by atoms with van der Waals surface area (Å²) in [6.45, 7) is 5.46. The predicted octanol–water partition coefficient (Wildman–Crippen LogP) is 2.09. The number of fused-ring (bicyclic) bond motifs is 1. The Kier molecular flexibility index (Phi) is 7.80. The molecule has 1 amide bonds. The Morgan fingerprint density at radius 3 is 2.96 bits per heavy atom. The van der Waals surface area contributed by atoms with E-state index in [4.69, 9.17) is 20.2 Å². The third-order valence-corrected chi connectivity index (χ3v) is 4.49. The highest BCUT2D eigenvalue weighted by atomic mass is 127. The minimum atomic E-state index is -0.228. The van der Waals surface area contributed by atoms with Crippen LogP contribution in [-0.2, 0) is 11.3 Å². The van der Waals surface area contributed by atoms with Gasteiger partial charge in [-0.1, -0.05) is 6.07 Å². The summed E-state index contributed by atoms with van der Waals surface area (Å²) in [5.74, 6) is 2.52. The van der Waals surface area contributed by atoms with Gasteiger partial charge in [0.1, 0.15) is 0 Å². The van der Waals surface area contributed by atoms with Crippen molar-refractivity contribution in [1.82, 2.24) is 10.2 Å². The van der Waals surface area contributed by atoms with Gasteiger partial charge in [-0.3, -0.25) is 4.79 Å². The number of piperidine rings is 1. The number of halogens is 1. The van der Waals surface area contributed by atoms with E-state index >= 15 is 0 Å². The Hall–Kier alpha value is -1.71. The molecule has 0 aliphatic carbocycles. The highest BCUT2D eigenvalue weighted by molar-refractivity contribution is 14.0. The fourth-order valence-electron chi connectivity index (χ4n) is 3.34. The average Bonchev–Trinajstić information content (AvgIpc) is 3.06. The summed E-state index contributed by atoms with van der Waals surface area (Å²) in [6, 6.07) is 5.90. The van der Waals surface area contributed by atoms with Crippen LogP contribution in [0.25, 0.3) is 0 Å². The van der Waals surface area contributed by atoms with Crippen molar-refractivity contribution in [1.29, 1.82) is 0 Å². The van der Waals surface area contributed by atoms with Crippen molar-refractivity contribution in [3.8, 4) is 11.5 Å². The maximum absolute atomic E-state index is 11.2. The van der Waals surface area contributed by atoms with Gasteiger partial charge in [-0.2, -0.15) is 0 Å². The van der Waals surface area contributed by atoms with Crippen molar-refractivity contribution in [3.63, 3.8) is 0 Å². The number of ether oxygens (including phenoxy) is 2. The van der Waals surface area contributed by atoms with Crippen LogP contribution < -0.4 is 20.5 Å². The van der Waals surface area contributed by atoms with Crippen molar-refractivity contribution < 1.29 is 14.3 Å². The molecule has 0 radical (unpaired) electrons. The van der Waals surface area contributed by atoms with Gasteiger partial charge in [-0.25, -0.2) is 4.99 Å². The summed E-state index contributed by atoms with van der Waals surface area (Å²) in [7, 11) is 0. The predicted molar refractivity (Wildman–Crippen MR) is 111 cm³/mol. The molecule has 1 saturated heterocycles. The molecular formula is C18H27IN4O3. The number of guanidine groups is 1. The normalized spacial score (nSPS) is 19.0. The van der Waals surface area contributed by atoms with E-state index in [1.807, 2.05) is 18.2 Å². The third kappa shape index (κ3) is 5.39. The number of carbonyl (C=O) groups is 1. The zero-order valence-corrected chi connectivity index (χ0v) is 17.4. The number of aliphatic imine (C=N–C) groups is 1. The van der Waals surface area contributed by atoms with Crippen molar-refractivity contribution >= 4 is 35.8 Å². The second-order valence-electron chi connectivity index (χ2n) is 6.48. The van der Waals surface area contributed by atoms with Gasteiger partial charge in [0.05, 0.1) is 6.54 Å². The first kappa shape index (κ1) is 20.6. The molecule has 8 heteroatoms. The number of nitrogens with two attached hydrogens (primary N) is 1. The largest absolute Gasteiger partial charge is 0.454 e. The molecule has 0 spiro atoms. The summed E-state index contributed by atoms with van der Waals surface area (Å²) in [6.07, 6.45) is 2.53. The van der Waals surface area contributed by atoms with Crippen LogP contribution in [0.2, 0.25) is 0 Å². The second-order valence-corrected chi connectivity index (χ2v) is 6.48. The number of hydrogen-bond donors (Lipinski definition) is 2. The summed E-state index contributed by atoms with van der Waals surface area (Å²) >= 11 is 0. The summed E-state index contributed by atoms with van der Waals surface area (Å²) in [4.78, 5) is 18.2. The molecule has 1 aromatic carbocycles. The first-order valence-electron chi connectivity index (χ1n) is 8.85. The first-order valence-corrected chi connectivity index (χ1v) is 8.85. The Labute approximate surface area is 171 Å². The molecule has 7 nitrogen and oxygen atoms in total. The van der Waals surface area contributed by atoms with Crippen LogP contribution in [0.1, 0.15) is 31.7 Å². The molecule has 1 fully saturated rings. The lowest BCUT2D eigenvalue weighted by atomic mass is 9.95. The van der Waals surface area contributed by atoms with Gasteiger partial charge in [0.2, 0.25) is 12.7 Å². The maximum atomic E-state index is 11.2. The Morgan fingerprint density at radius 1 is 1.38 bits per heavy atom. The number of carbonyl (C=O) groups excluding carboxylic acids is 1. The van der Waals surface area contributed by atoms with E-state index in [1.54, 1.807) is 0 Å². The highest BCUT2D eigenvalue weighted by Gasteiger charge is 2.23. The number of nitrogens with zero attached hydrogens (tertiary/aromatic N) is 2. The molecule has 0 aromatic heterocycles. The maximum Gasteiger partial charge on any atom is 0.231 e. The zero-order chi connectivity index (χ0) is 17.6. The smallest absolute Gasteiger partial charge is 0.231 e. The van der Waals surface area contributed by atoms with E-state index in [9.17, 15) is 4.79 Å². The summed E-state index contributed by atoms with van der Waals surface area (Å²) < 4.78 is 10.8. The second kappa shape index (κ2) is 9.84. The fourth-order valence-corrected chi connectivity index (χ4v) is 3.34. The molecule has 3 rings (SSSR count). The molecule has 144 valence electrons. The lowest BCUT2D eigenvalue weighted by Gasteiger charge is -2.34. The van der Waals surface area contributed by atoms with E-state index in [0.29, 0.717) is 18.9 Å². The van der Waals surface area contributed by atoms with E-state index in [-0.39, 0.29) is 36.7 Å². The molecule has 0 saturated carbocycles. The van der Waals surface area contributed by atoms with Crippen molar-refractivity contribution in [2.75, 3.05) is 26.4 Å². The van der Waals surface area contributed by atoms with Gasteiger partial charge in [0.25, 0.3) is 0 Å². The van der Waals surface area contributed by atoms with Gasteiger partial charge in [0, 0.05) is 26.1 Å². The van der Waals surface area contributed by atoms with E-state index in [0.717, 1.165) is 55.5 Å². The van der Waals surface area contributed by atoms with Crippen LogP contribution in [-0.4, -0.2) is 43.2 Å². The Morgan fingerprint density at radius 2 is 2.19 bits per heavy atom. The zero-order valence-electron chi connectivity index (χ0n) is 15.1. The van der Waals surface area contributed by atoms with Gasteiger partial charge in [0.15, 0.2) is 17.5 Å². The number of nitrogens with one attached hydrogen (secondary N) is 1. The number of benzene rings is 1. The molecule has 2 aliphatic rings. The van der Waals surface area contributed by atoms with Crippen LogP contribution in [0.4, 0.5) is 0 Å². The standard InChI is InChI=1S/C18H26N4O3.HI/c1-2-20-18(22-7-3-4-14(11-22)9-17(19)23)21-10-13-5-6-15-16(8-13)25-12-24-15;/h5-6,8,14H,2-4,7,9-12H2,1H3,(H2,19,23)(H,20,21);1H. The van der Waals surface area contributed by atoms with Crippen molar-refractivity contribution in [2.45, 2.75) is 32.7 Å². The molecule has 0 bridgehead atoms. The molecule has 26 heavy (non-hydrogen) atoms. The Bertz CT molecular complexity index is 653. The third-order valence-electron chi connectivity index (χ3n) is 4.49. The quantitative estimate of drug-likeness (QED) is 0.388.